The zero-order valence-corrected chi connectivity index (χ0v) is 11.9. The van der Waals surface area contributed by atoms with E-state index in [0.717, 1.165) is 33.7 Å². The Bertz CT molecular complexity index is 899. The van der Waals surface area contributed by atoms with Crippen LogP contribution in [0.1, 0.15) is 0 Å². The van der Waals surface area contributed by atoms with E-state index in [-0.39, 0.29) is 0 Å². The van der Waals surface area contributed by atoms with Gasteiger partial charge >= 0.3 is 0 Å². The molecule has 2 aromatic carbocycles. The maximum atomic E-state index is 5.62. The van der Waals surface area contributed by atoms with Crippen molar-refractivity contribution >= 4 is 22.6 Å². The average molecular weight is 286 g/mol. The molecule has 4 aromatic rings. The van der Waals surface area contributed by atoms with Gasteiger partial charge in [0.15, 0.2) is 5.58 Å². The van der Waals surface area contributed by atoms with E-state index in [2.05, 4.69) is 17.4 Å². The number of para-hydroxylation sites is 1. The number of fused-ring (bicyclic) bond motifs is 1. The predicted molar refractivity (Wildman–Crippen MR) is 89.2 cm³/mol. The maximum absolute atomic E-state index is 5.62. The zero-order valence-electron chi connectivity index (χ0n) is 11.9. The van der Waals surface area contributed by atoms with Crippen molar-refractivity contribution in [3.8, 4) is 11.1 Å². The van der Waals surface area contributed by atoms with Crippen LogP contribution in [0.2, 0.25) is 0 Å². The van der Waals surface area contributed by atoms with Crippen molar-refractivity contribution in [2.75, 3.05) is 5.32 Å². The van der Waals surface area contributed by atoms with Gasteiger partial charge in [0.1, 0.15) is 17.6 Å². The molecule has 0 atom stereocenters. The molecule has 0 saturated carbocycles. The normalized spacial score (nSPS) is 10.7. The number of nitrogens with zero attached hydrogens (tertiary/aromatic N) is 1. The molecule has 106 valence electrons. The summed E-state index contributed by atoms with van der Waals surface area (Å²) in [6.07, 6.45) is 1.76. The van der Waals surface area contributed by atoms with Gasteiger partial charge in [-0.3, -0.25) is 0 Å². The number of rotatable bonds is 3. The number of benzene rings is 2. The Hall–Kier alpha value is -3.07. The van der Waals surface area contributed by atoms with Gasteiger partial charge in [0, 0.05) is 11.3 Å². The number of hydrogen-bond donors (Lipinski definition) is 1. The van der Waals surface area contributed by atoms with Crippen molar-refractivity contribution in [1.82, 2.24) is 4.98 Å². The molecule has 3 heteroatoms. The van der Waals surface area contributed by atoms with Crippen LogP contribution in [0.4, 0.5) is 11.5 Å². The van der Waals surface area contributed by atoms with Crippen LogP contribution in [-0.4, -0.2) is 4.98 Å². The van der Waals surface area contributed by atoms with Gasteiger partial charge in [0.05, 0.1) is 0 Å². The highest BCUT2D eigenvalue weighted by Crippen LogP contribution is 2.30. The standard InChI is InChI=1S/C19H14N2O/c1-3-7-14(8-4-1)16-13-22-17-11-12-18(21-19(16)17)20-15-9-5-2-6-10-15/h1-13H,(H,20,21). The summed E-state index contributed by atoms with van der Waals surface area (Å²) in [7, 11) is 0. The molecule has 3 nitrogen and oxygen atoms in total. The third-order valence-electron chi connectivity index (χ3n) is 3.55. The first-order valence-electron chi connectivity index (χ1n) is 7.16. The van der Waals surface area contributed by atoms with Gasteiger partial charge in [-0.15, -0.1) is 0 Å². The molecule has 0 aliphatic rings. The van der Waals surface area contributed by atoms with Crippen molar-refractivity contribution < 1.29 is 4.42 Å². The fourth-order valence-corrected chi connectivity index (χ4v) is 2.47. The summed E-state index contributed by atoms with van der Waals surface area (Å²) in [5, 5.41) is 3.31. The lowest BCUT2D eigenvalue weighted by Gasteiger charge is -2.05. The first-order valence-corrected chi connectivity index (χ1v) is 7.16. The molecule has 1 N–H and O–H groups in total. The lowest BCUT2D eigenvalue weighted by Crippen LogP contribution is -1.93. The maximum Gasteiger partial charge on any atom is 0.153 e. The lowest BCUT2D eigenvalue weighted by atomic mass is 10.1. The topological polar surface area (TPSA) is 38.1 Å². The Morgan fingerprint density at radius 2 is 1.50 bits per heavy atom. The van der Waals surface area contributed by atoms with E-state index in [0.29, 0.717) is 0 Å². The molecular formula is C19H14N2O. The van der Waals surface area contributed by atoms with Crippen molar-refractivity contribution in [2.24, 2.45) is 0 Å². The van der Waals surface area contributed by atoms with Gasteiger partial charge < -0.3 is 9.73 Å². The SMILES string of the molecule is c1ccc(Nc2ccc3occ(-c4ccccc4)c3n2)cc1. The summed E-state index contributed by atoms with van der Waals surface area (Å²) < 4.78 is 5.62. The molecule has 2 aromatic heterocycles. The Morgan fingerprint density at radius 1 is 0.773 bits per heavy atom. The van der Waals surface area contributed by atoms with E-state index >= 15 is 0 Å². The quantitative estimate of drug-likeness (QED) is 0.559. The van der Waals surface area contributed by atoms with E-state index in [4.69, 9.17) is 9.40 Å². The summed E-state index contributed by atoms with van der Waals surface area (Å²) in [4.78, 5) is 4.70. The highest BCUT2D eigenvalue weighted by molar-refractivity contribution is 5.91. The summed E-state index contributed by atoms with van der Waals surface area (Å²) in [6, 6.07) is 24.0. The van der Waals surface area contributed by atoms with E-state index in [1.165, 1.54) is 0 Å². The number of nitrogens with one attached hydrogen (secondary N) is 1. The van der Waals surface area contributed by atoms with Crippen LogP contribution in [0.25, 0.3) is 22.2 Å². The van der Waals surface area contributed by atoms with Gasteiger partial charge in [-0.2, -0.15) is 0 Å². The molecule has 0 saturated heterocycles. The molecule has 0 spiro atoms. The van der Waals surface area contributed by atoms with Crippen LogP contribution in [-0.2, 0) is 0 Å². The average Bonchev–Trinajstić information content (AvgIpc) is 3.00. The number of furan rings is 1. The van der Waals surface area contributed by atoms with Gasteiger partial charge in [0.2, 0.25) is 0 Å². The van der Waals surface area contributed by atoms with Crippen LogP contribution in [0.3, 0.4) is 0 Å². The lowest BCUT2D eigenvalue weighted by molar-refractivity contribution is 0.616. The third-order valence-corrected chi connectivity index (χ3v) is 3.55. The molecule has 0 unspecified atom stereocenters. The smallest absolute Gasteiger partial charge is 0.153 e. The number of pyridine rings is 1. The molecule has 0 amide bonds. The second-order valence-electron chi connectivity index (χ2n) is 5.05. The molecular weight excluding hydrogens is 272 g/mol. The molecule has 0 radical (unpaired) electrons. The van der Waals surface area contributed by atoms with Crippen molar-refractivity contribution in [3.63, 3.8) is 0 Å². The van der Waals surface area contributed by atoms with Crippen molar-refractivity contribution in [2.45, 2.75) is 0 Å². The molecule has 4 rings (SSSR count). The van der Waals surface area contributed by atoms with Gasteiger partial charge in [-0.25, -0.2) is 4.98 Å². The van der Waals surface area contributed by atoms with E-state index < -0.39 is 0 Å². The first kappa shape index (κ1) is 12.7. The van der Waals surface area contributed by atoms with Gasteiger partial charge in [-0.1, -0.05) is 48.5 Å². The Kier molecular flexibility index (Phi) is 3.09. The molecule has 0 aliphatic heterocycles. The third kappa shape index (κ3) is 2.33. The molecule has 2 heterocycles. The fourth-order valence-electron chi connectivity index (χ4n) is 2.47. The van der Waals surface area contributed by atoms with E-state index in [1.54, 1.807) is 6.26 Å². The minimum Gasteiger partial charge on any atom is -0.462 e. The second-order valence-corrected chi connectivity index (χ2v) is 5.05. The summed E-state index contributed by atoms with van der Waals surface area (Å²) >= 11 is 0. The highest BCUT2D eigenvalue weighted by Gasteiger charge is 2.10. The number of hydrogen-bond acceptors (Lipinski definition) is 3. The Labute approximate surface area is 128 Å². The molecule has 0 fully saturated rings. The minimum absolute atomic E-state index is 0.789. The van der Waals surface area contributed by atoms with Gasteiger partial charge in [0.25, 0.3) is 0 Å². The van der Waals surface area contributed by atoms with E-state index in [1.807, 2.05) is 60.7 Å². The minimum atomic E-state index is 0.789. The second kappa shape index (κ2) is 5.37. The van der Waals surface area contributed by atoms with Crippen LogP contribution in [0.15, 0.2) is 83.5 Å². The van der Waals surface area contributed by atoms with Crippen molar-refractivity contribution in [3.05, 3.63) is 79.1 Å². The van der Waals surface area contributed by atoms with Crippen LogP contribution in [0, 0.1) is 0 Å². The van der Waals surface area contributed by atoms with Crippen LogP contribution >= 0.6 is 0 Å². The Morgan fingerprint density at radius 3 is 2.27 bits per heavy atom. The fraction of sp³-hybridized carbons (Fsp3) is 0. The summed E-state index contributed by atoms with van der Waals surface area (Å²) in [5.74, 6) is 0.803. The predicted octanol–water partition coefficient (Wildman–Crippen LogP) is 5.24. The number of anilines is 2. The van der Waals surface area contributed by atoms with E-state index in [9.17, 15) is 0 Å². The molecule has 0 bridgehead atoms. The molecule has 0 aliphatic carbocycles. The Balaban J connectivity index is 1.77. The largest absolute Gasteiger partial charge is 0.462 e. The van der Waals surface area contributed by atoms with Crippen LogP contribution < -0.4 is 5.32 Å². The number of aromatic nitrogens is 1. The molecule has 22 heavy (non-hydrogen) atoms. The monoisotopic (exact) mass is 286 g/mol. The van der Waals surface area contributed by atoms with Gasteiger partial charge in [-0.05, 0) is 29.8 Å². The summed E-state index contributed by atoms with van der Waals surface area (Å²) in [5.41, 5.74) is 4.78. The zero-order chi connectivity index (χ0) is 14.8. The van der Waals surface area contributed by atoms with Crippen LogP contribution in [0.5, 0.6) is 0 Å². The highest BCUT2D eigenvalue weighted by atomic mass is 16.3. The summed E-state index contributed by atoms with van der Waals surface area (Å²) in [6.45, 7) is 0. The van der Waals surface area contributed by atoms with Crippen molar-refractivity contribution in [1.29, 1.82) is 0 Å². The first-order chi connectivity index (χ1) is 10.9.